The van der Waals surface area contributed by atoms with Gasteiger partial charge >= 0.3 is 0 Å². The molecule has 0 amide bonds. The molecule has 2 rings (SSSR count). The quantitative estimate of drug-likeness (QED) is 0.805. The lowest BCUT2D eigenvalue weighted by atomic mass is 9.91. The van der Waals surface area contributed by atoms with Gasteiger partial charge in [-0.25, -0.2) is 0 Å². The zero-order chi connectivity index (χ0) is 9.80. The van der Waals surface area contributed by atoms with Crippen LogP contribution >= 0.6 is 24.8 Å². The minimum Gasteiger partial charge on any atom is -0.399 e. The van der Waals surface area contributed by atoms with Crippen molar-refractivity contribution in [3.05, 3.63) is 29.8 Å². The van der Waals surface area contributed by atoms with Gasteiger partial charge in [-0.1, -0.05) is 12.1 Å². The first kappa shape index (κ1) is 15.6. The molecule has 92 valence electrons. The average Bonchev–Trinajstić information content (AvgIpc) is 2.19. The summed E-state index contributed by atoms with van der Waals surface area (Å²) in [6.07, 6.45) is 3.79. The summed E-state index contributed by atoms with van der Waals surface area (Å²) in [6, 6.07) is 8.28. The molecule has 0 radical (unpaired) electrons. The Morgan fingerprint density at radius 2 is 1.88 bits per heavy atom. The van der Waals surface area contributed by atoms with E-state index < -0.39 is 0 Å². The second kappa shape index (κ2) is 7.77. The van der Waals surface area contributed by atoms with Gasteiger partial charge in [-0.2, -0.15) is 0 Å². The van der Waals surface area contributed by atoms with Crippen LogP contribution in [0.3, 0.4) is 0 Å². The normalized spacial score (nSPS) is 16.0. The van der Waals surface area contributed by atoms with Crippen LogP contribution in [0.4, 0.5) is 5.69 Å². The van der Waals surface area contributed by atoms with Gasteiger partial charge in [0.05, 0.1) is 0 Å². The lowest BCUT2D eigenvalue weighted by Crippen LogP contribution is -2.28. The number of anilines is 1. The third-order valence-electron chi connectivity index (χ3n) is 2.93. The van der Waals surface area contributed by atoms with Crippen molar-refractivity contribution in [3.63, 3.8) is 0 Å². The van der Waals surface area contributed by atoms with E-state index in [4.69, 9.17) is 5.73 Å². The molecule has 1 heterocycles. The monoisotopic (exact) mass is 262 g/mol. The fraction of sp³-hybridized carbons (Fsp3) is 0.500. The molecule has 1 saturated heterocycles. The van der Waals surface area contributed by atoms with Crippen molar-refractivity contribution in [2.75, 3.05) is 18.8 Å². The molecule has 1 fully saturated rings. The summed E-state index contributed by atoms with van der Waals surface area (Å²) in [4.78, 5) is 0. The van der Waals surface area contributed by atoms with Gasteiger partial charge in [-0.05, 0) is 56.0 Å². The van der Waals surface area contributed by atoms with Crippen LogP contribution < -0.4 is 11.1 Å². The first-order valence-electron chi connectivity index (χ1n) is 5.40. The highest BCUT2D eigenvalue weighted by Gasteiger charge is 2.13. The second-order valence-corrected chi connectivity index (χ2v) is 4.14. The predicted octanol–water partition coefficient (Wildman–Crippen LogP) is 2.65. The first-order valence-corrected chi connectivity index (χ1v) is 5.40. The highest BCUT2D eigenvalue weighted by atomic mass is 35.5. The molecule has 0 bridgehead atoms. The maximum absolute atomic E-state index is 5.75. The summed E-state index contributed by atoms with van der Waals surface area (Å²) in [5.41, 5.74) is 8.02. The molecule has 0 unspecified atom stereocenters. The van der Waals surface area contributed by atoms with E-state index >= 15 is 0 Å². The molecule has 0 aliphatic carbocycles. The molecule has 1 aromatic carbocycles. The number of hydrogen-bond acceptors (Lipinski definition) is 2. The van der Waals surface area contributed by atoms with Crippen molar-refractivity contribution in [2.45, 2.75) is 19.3 Å². The van der Waals surface area contributed by atoms with E-state index in [1.165, 1.54) is 37.9 Å². The van der Waals surface area contributed by atoms with Gasteiger partial charge in [0, 0.05) is 5.69 Å². The number of nitrogens with two attached hydrogens (primary N) is 1. The number of nitrogens with one attached hydrogen (secondary N) is 1. The van der Waals surface area contributed by atoms with Gasteiger partial charge in [-0.3, -0.25) is 0 Å². The standard InChI is InChI=1S/C12H18N2.2ClH/c13-12-3-1-2-11(9-12)8-10-4-6-14-7-5-10;;/h1-3,9-10,14H,4-8,13H2;2*1H. The molecule has 1 aliphatic rings. The van der Waals surface area contributed by atoms with E-state index in [1.54, 1.807) is 0 Å². The van der Waals surface area contributed by atoms with Crippen LogP contribution in [0, 0.1) is 5.92 Å². The van der Waals surface area contributed by atoms with Crippen LogP contribution in [0.2, 0.25) is 0 Å². The Morgan fingerprint density at radius 3 is 2.50 bits per heavy atom. The molecule has 3 N–H and O–H groups in total. The Labute approximate surface area is 110 Å². The van der Waals surface area contributed by atoms with E-state index in [-0.39, 0.29) is 24.8 Å². The molecular weight excluding hydrogens is 243 g/mol. The van der Waals surface area contributed by atoms with E-state index in [1.807, 2.05) is 12.1 Å². The minimum atomic E-state index is 0. The third-order valence-corrected chi connectivity index (χ3v) is 2.93. The Kier molecular flexibility index (Phi) is 7.56. The largest absolute Gasteiger partial charge is 0.399 e. The van der Waals surface area contributed by atoms with Crippen LogP contribution in [-0.2, 0) is 6.42 Å². The topological polar surface area (TPSA) is 38.0 Å². The summed E-state index contributed by atoms with van der Waals surface area (Å²) in [6.45, 7) is 2.35. The molecule has 16 heavy (non-hydrogen) atoms. The smallest absolute Gasteiger partial charge is 0.0316 e. The lowest BCUT2D eigenvalue weighted by Gasteiger charge is -2.22. The van der Waals surface area contributed by atoms with Gasteiger partial charge in [0.15, 0.2) is 0 Å². The Hall–Kier alpha value is -0.440. The van der Waals surface area contributed by atoms with Crippen molar-refractivity contribution in [3.8, 4) is 0 Å². The van der Waals surface area contributed by atoms with Gasteiger partial charge < -0.3 is 11.1 Å². The number of hydrogen-bond donors (Lipinski definition) is 2. The highest BCUT2D eigenvalue weighted by molar-refractivity contribution is 5.85. The van der Waals surface area contributed by atoms with E-state index in [2.05, 4.69) is 17.4 Å². The summed E-state index contributed by atoms with van der Waals surface area (Å²) < 4.78 is 0. The number of rotatable bonds is 2. The maximum atomic E-state index is 5.75. The number of halogens is 2. The van der Waals surface area contributed by atoms with Crippen LogP contribution in [0.15, 0.2) is 24.3 Å². The van der Waals surface area contributed by atoms with Crippen molar-refractivity contribution in [1.29, 1.82) is 0 Å². The summed E-state index contributed by atoms with van der Waals surface area (Å²) >= 11 is 0. The fourth-order valence-corrected chi connectivity index (χ4v) is 2.14. The zero-order valence-corrected chi connectivity index (χ0v) is 10.9. The Balaban J connectivity index is 0.00000112. The summed E-state index contributed by atoms with van der Waals surface area (Å²) in [5, 5.41) is 3.39. The van der Waals surface area contributed by atoms with Crippen LogP contribution in [0.25, 0.3) is 0 Å². The summed E-state index contributed by atoms with van der Waals surface area (Å²) in [5.74, 6) is 0.845. The lowest BCUT2D eigenvalue weighted by molar-refractivity contribution is 0.373. The minimum absolute atomic E-state index is 0. The van der Waals surface area contributed by atoms with Crippen LogP contribution in [0.5, 0.6) is 0 Å². The molecule has 0 atom stereocenters. The predicted molar refractivity (Wildman–Crippen MR) is 74.6 cm³/mol. The third kappa shape index (κ3) is 4.60. The molecule has 0 aromatic heterocycles. The first-order chi connectivity index (χ1) is 6.84. The van der Waals surface area contributed by atoms with Crippen LogP contribution in [0.1, 0.15) is 18.4 Å². The van der Waals surface area contributed by atoms with Crippen molar-refractivity contribution >= 4 is 30.5 Å². The number of piperidine rings is 1. The number of nitrogen functional groups attached to an aromatic ring is 1. The SMILES string of the molecule is Cl.Cl.Nc1cccc(CC2CCNCC2)c1. The average molecular weight is 263 g/mol. The van der Waals surface area contributed by atoms with E-state index in [0.29, 0.717) is 0 Å². The molecule has 4 heteroatoms. The van der Waals surface area contributed by atoms with Gasteiger partial charge in [-0.15, -0.1) is 24.8 Å². The second-order valence-electron chi connectivity index (χ2n) is 4.14. The molecular formula is C12H20Cl2N2. The van der Waals surface area contributed by atoms with Gasteiger partial charge in [0.2, 0.25) is 0 Å². The van der Waals surface area contributed by atoms with Crippen molar-refractivity contribution in [1.82, 2.24) is 5.32 Å². The van der Waals surface area contributed by atoms with Gasteiger partial charge in [0.25, 0.3) is 0 Å². The number of benzene rings is 1. The zero-order valence-electron chi connectivity index (χ0n) is 9.32. The molecule has 0 spiro atoms. The summed E-state index contributed by atoms with van der Waals surface area (Å²) in [7, 11) is 0. The molecule has 1 aromatic rings. The van der Waals surface area contributed by atoms with Gasteiger partial charge in [0.1, 0.15) is 0 Å². The molecule has 2 nitrogen and oxygen atoms in total. The fourth-order valence-electron chi connectivity index (χ4n) is 2.14. The Morgan fingerprint density at radius 1 is 1.19 bits per heavy atom. The van der Waals surface area contributed by atoms with E-state index in [0.717, 1.165) is 11.6 Å². The van der Waals surface area contributed by atoms with E-state index in [9.17, 15) is 0 Å². The van der Waals surface area contributed by atoms with Crippen molar-refractivity contribution in [2.24, 2.45) is 5.92 Å². The Bertz CT molecular complexity index is 299. The molecule has 1 aliphatic heterocycles. The highest BCUT2D eigenvalue weighted by Crippen LogP contribution is 2.18. The maximum Gasteiger partial charge on any atom is 0.0316 e. The van der Waals surface area contributed by atoms with Crippen LogP contribution in [-0.4, -0.2) is 13.1 Å². The van der Waals surface area contributed by atoms with Crippen molar-refractivity contribution < 1.29 is 0 Å². The molecule has 0 saturated carbocycles.